The Balaban J connectivity index is 2.82. The molecule has 0 amide bonds. The van der Waals surface area contributed by atoms with E-state index >= 15 is 0 Å². The van der Waals surface area contributed by atoms with Gasteiger partial charge in [0.05, 0.1) is 5.69 Å². The van der Waals surface area contributed by atoms with Gasteiger partial charge < -0.3 is 11.1 Å². The van der Waals surface area contributed by atoms with Crippen LogP contribution in [0.3, 0.4) is 0 Å². The van der Waals surface area contributed by atoms with E-state index in [4.69, 9.17) is 15.3 Å². The Morgan fingerprint density at radius 2 is 2.64 bits per heavy atom. The van der Waals surface area contributed by atoms with E-state index < -0.39 is 31.4 Å². The molecule has 58 valence electrons. The van der Waals surface area contributed by atoms with Crippen LogP contribution >= 0.6 is 0 Å². The van der Waals surface area contributed by atoms with Gasteiger partial charge in [0.2, 0.25) is 0 Å². The van der Waals surface area contributed by atoms with Crippen molar-refractivity contribution >= 4 is 5.82 Å². The van der Waals surface area contributed by atoms with E-state index in [1.165, 1.54) is 0 Å². The maximum atomic E-state index is 7.71. The maximum Gasteiger partial charge on any atom is 0.131 e. The first-order valence-corrected chi connectivity index (χ1v) is 2.93. The van der Waals surface area contributed by atoms with E-state index in [1.54, 1.807) is 0 Å². The highest BCUT2D eigenvalue weighted by molar-refractivity contribution is 5.42. The maximum absolute atomic E-state index is 7.71. The Bertz CT molecular complexity index is 515. The van der Waals surface area contributed by atoms with Crippen LogP contribution in [0.1, 0.15) is 20.9 Å². The van der Waals surface area contributed by atoms with Gasteiger partial charge in [0.15, 0.2) is 0 Å². The molecule has 1 aliphatic heterocycles. The monoisotopic (exact) mass is 157 g/mol. The molecule has 0 aliphatic carbocycles. The molecule has 2 heterocycles. The number of anilines is 1. The van der Waals surface area contributed by atoms with Crippen LogP contribution in [0.5, 0.6) is 0 Å². The largest absolute Gasteiger partial charge is 0.383 e. The van der Waals surface area contributed by atoms with Gasteiger partial charge in [-0.3, -0.25) is 0 Å². The number of nitrogen functional groups attached to an aromatic ring is 1. The van der Waals surface area contributed by atoms with E-state index in [2.05, 4.69) is 9.97 Å². The van der Waals surface area contributed by atoms with Gasteiger partial charge in [-0.1, -0.05) is 0 Å². The van der Waals surface area contributed by atoms with Gasteiger partial charge in [0, 0.05) is 33.2 Å². The minimum Gasteiger partial charge on any atom is -0.383 e. The Kier molecular flexibility index (Phi) is 0.542. The van der Waals surface area contributed by atoms with Crippen LogP contribution in [-0.2, 0) is 12.9 Å². The molecule has 0 radical (unpaired) electrons. The number of hydrogen-bond acceptors (Lipinski definition) is 4. The Labute approximate surface area is 74.7 Å². The average Bonchev–Trinajstić information content (AvgIpc) is 2.11. The first-order chi connectivity index (χ1) is 7.99. The Morgan fingerprint density at radius 3 is 3.55 bits per heavy atom. The predicted octanol–water partition coefficient (Wildman–Crippen LogP) is -0.296. The molecule has 0 fully saturated rings. The molecule has 0 spiro atoms. The topological polar surface area (TPSA) is 63.8 Å². The summed E-state index contributed by atoms with van der Waals surface area (Å²) < 4.78 is 53.1. The third-order valence-corrected chi connectivity index (χ3v) is 1.26. The predicted molar refractivity (Wildman–Crippen MR) is 41.9 cm³/mol. The first-order valence-electron chi connectivity index (χ1n) is 6.43. The lowest BCUT2D eigenvalue weighted by molar-refractivity contribution is 0.628. The number of nitrogens with zero attached hydrogens (tertiary/aromatic N) is 2. The van der Waals surface area contributed by atoms with Gasteiger partial charge in [-0.05, 0) is 0 Å². The standard InChI is InChI=1S/C7H10N4/c8-7-5-3-9-2-1-6(5)10-4-11-7/h4,9H,1-3H2,(H2,8,10,11)/i1D2,2D2,3D2,4D. The molecule has 2 rings (SSSR count). The Hall–Kier alpha value is -1.16. The first kappa shape index (κ1) is 2.42. The molecule has 1 aliphatic rings. The summed E-state index contributed by atoms with van der Waals surface area (Å²) in [5, 5.41) is 1.91. The quantitative estimate of drug-likeness (QED) is 0.543. The summed E-state index contributed by atoms with van der Waals surface area (Å²) >= 11 is 0. The minimum atomic E-state index is -2.68. The molecule has 1 aromatic heterocycles. The van der Waals surface area contributed by atoms with Gasteiger partial charge in [0.25, 0.3) is 0 Å². The normalized spacial score (nSPS) is 39.1. The lowest BCUT2D eigenvalue weighted by Crippen LogP contribution is -2.25. The van der Waals surface area contributed by atoms with Crippen molar-refractivity contribution in [3.05, 3.63) is 17.6 Å². The average molecular weight is 157 g/mol. The van der Waals surface area contributed by atoms with Crippen LogP contribution in [0.15, 0.2) is 6.30 Å². The van der Waals surface area contributed by atoms with Crippen LogP contribution < -0.4 is 11.1 Å². The summed E-state index contributed by atoms with van der Waals surface area (Å²) in [6, 6.07) is 0. The van der Waals surface area contributed by atoms with Crippen LogP contribution in [0.4, 0.5) is 5.82 Å². The fraction of sp³-hybridized carbons (Fsp3) is 0.429. The van der Waals surface area contributed by atoms with Crippen molar-refractivity contribution in [2.75, 3.05) is 12.2 Å². The number of rotatable bonds is 0. The van der Waals surface area contributed by atoms with E-state index in [1.807, 2.05) is 5.32 Å². The number of aryl methyl sites for hydroxylation is 1. The number of aromatic nitrogens is 2. The zero-order valence-corrected chi connectivity index (χ0v) is 5.47. The van der Waals surface area contributed by atoms with Crippen molar-refractivity contribution in [2.24, 2.45) is 0 Å². The number of hydrogen-bond donors (Lipinski definition) is 2. The zero-order valence-electron chi connectivity index (χ0n) is 12.5. The molecule has 0 atom stereocenters. The third kappa shape index (κ3) is 1.05. The second-order valence-electron chi connectivity index (χ2n) is 1.93. The summed E-state index contributed by atoms with van der Waals surface area (Å²) in [5.74, 6) is -0.373. The fourth-order valence-electron chi connectivity index (χ4n) is 0.760. The highest BCUT2D eigenvalue weighted by Gasteiger charge is 2.12. The summed E-state index contributed by atoms with van der Waals surface area (Å²) in [6.07, 6.45) is -3.20. The summed E-state index contributed by atoms with van der Waals surface area (Å²) in [6.45, 7) is -5.10. The zero-order chi connectivity index (χ0) is 13.9. The summed E-state index contributed by atoms with van der Waals surface area (Å²) in [4.78, 5) is 6.96. The molecular formula is C7H10N4. The van der Waals surface area contributed by atoms with Crippen LogP contribution in [0.25, 0.3) is 0 Å². The lowest BCUT2D eigenvalue weighted by Gasteiger charge is -2.15. The summed E-state index contributed by atoms with van der Waals surface area (Å²) in [5.41, 5.74) is 4.59. The van der Waals surface area contributed by atoms with Crippen molar-refractivity contribution in [1.82, 2.24) is 15.3 Å². The van der Waals surface area contributed by atoms with Gasteiger partial charge in [-0.15, -0.1) is 0 Å². The summed E-state index contributed by atoms with van der Waals surface area (Å²) in [7, 11) is 0. The van der Waals surface area contributed by atoms with Gasteiger partial charge in [-0.25, -0.2) is 9.97 Å². The van der Waals surface area contributed by atoms with Gasteiger partial charge in [-0.2, -0.15) is 0 Å². The van der Waals surface area contributed by atoms with Crippen molar-refractivity contribution in [3.63, 3.8) is 0 Å². The molecule has 11 heavy (non-hydrogen) atoms. The fourth-order valence-corrected chi connectivity index (χ4v) is 0.760. The highest BCUT2D eigenvalue weighted by atomic mass is 15.0. The molecule has 0 saturated heterocycles. The van der Waals surface area contributed by atoms with Crippen LogP contribution in [0, 0.1) is 0 Å². The second-order valence-corrected chi connectivity index (χ2v) is 1.93. The molecule has 0 saturated carbocycles. The third-order valence-electron chi connectivity index (χ3n) is 1.26. The van der Waals surface area contributed by atoms with Gasteiger partial charge in [0.1, 0.15) is 13.5 Å². The van der Waals surface area contributed by atoms with E-state index in [-0.39, 0.29) is 11.4 Å². The van der Waals surface area contributed by atoms with Crippen molar-refractivity contribution in [3.8, 4) is 0 Å². The van der Waals surface area contributed by atoms with Crippen molar-refractivity contribution in [2.45, 2.75) is 12.9 Å². The molecule has 3 N–H and O–H groups in total. The second kappa shape index (κ2) is 2.47. The molecule has 0 unspecified atom stereocenters. The molecular weight excluding hydrogens is 140 g/mol. The molecule has 4 nitrogen and oxygen atoms in total. The van der Waals surface area contributed by atoms with Gasteiger partial charge >= 0.3 is 0 Å². The number of nitrogens with one attached hydrogen (secondary N) is 1. The minimum absolute atomic E-state index is 0.362. The number of nitrogens with two attached hydrogens (primary N) is 1. The smallest absolute Gasteiger partial charge is 0.131 e. The highest BCUT2D eigenvalue weighted by Crippen LogP contribution is 2.14. The van der Waals surface area contributed by atoms with Crippen LogP contribution in [0.2, 0.25) is 0 Å². The number of fused-ring (bicyclic) bond motifs is 1. The molecule has 4 heteroatoms. The van der Waals surface area contributed by atoms with Crippen molar-refractivity contribution < 1.29 is 9.60 Å². The van der Waals surface area contributed by atoms with E-state index in [0.29, 0.717) is 0 Å². The van der Waals surface area contributed by atoms with Crippen molar-refractivity contribution in [1.29, 1.82) is 0 Å². The SMILES string of the molecule is [2H]c1nc(N)c2c(n1)C([2H])([2H])C([2H])([2H])NC2([2H])[2H]. The van der Waals surface area contributed by atoms with Crippen LogP contribution in [-0.4, -0.2) is 16.5 Å². The molecule has 1 aromatic rings. The molecule has 0 bridgehead atoms. The van der Waals surface area contributed by atoms with E-state index in [0.717, 1.165) is 0 Å². The Morgan fingerprint density at radius 1 is 1.73 bits per heavy atom. The molecule has 0 aromatic carbocycles. The van der Waals surface area contributed by atoms with E-state index in [9.17, 15) is 0 Å². The lowest BCUT2D eigenvalue weighted by atomic mass is 10.1.